The molecule has 1 aromatic rings. The smallest absolute Gasteiger partial charge is 0.235 e. The van der Waals surface area contributed by atoms with Gasteiger partial charge in [-0.15, -0.1) is 10.2 Å². The maximum atomic E-state index is 12.7. The molecule has 1 atom stereocenters. The number of amides is 1. The van der Waals surface area contributed by atoms with E-state index >= 15 is 0 Å². The minimum Gasteiger partial charge on any atom is -0.378 e. The van der Waals surface area contributed by atoms with Crippen LogP contribution in [0, 0.1) is 0 Å². The summed E-state index contributed by atoms with van der Waals surface area (Å²) < 4.78 is 7.38. The molecule has 7 nitrogen and oxygen atoms in total. The number of ether oxygens (including phenoxy) is 1. The Morgan fingerprint density at radius 3 is 2.42 bits per heavy atom. The van der Waals surface area contributed by atoms with Crippen LogP contribution in [0.1, 0.15) is 32.6 Å². The van der Waals surface area contributed by atoms with Gasteiger partial charge in [0.25, 0.3) is 0 Å². The molecule has 0 radical (unpaired) electrons. The van der Waals surface area contributed by atoms with E-state index in [2.05, 4.69) is 15.1 Å². The van der Waals surface area contributed by atoms with Crippen LogP contribution in [0.4, 0.5) is 5.95 Å². The van der Waals surface area contributed by atoms with Crippen LogP contribution >= 0.6 is 11.8 Å². The van der Waals surface area contributed by atoms with Gasteiger partial charge in [-0.1, -0.05) is 24.6 Å². The second kappa shape index (κ2) is 8.20. The van der Waals surface area contributed by atoms with Crippen LogP contribution in [-0.4, -0.2) is 70.2 Å². The fraction of sp³-hybridized carbons (Fsp3) is 0.812. The zero-order valence-corrected chi connectivity index (χ0v) is 15.4. The predicted octanol–water partition coefficient (Wildman–Crippen LogP) is 1.53. The second-order valence-corrected chi connectivity index (χ2v) is 7.75. The second-order valence-electron chi connectivity index (χ2n) is 6.44. The van der Waals surface area contributed by atoms with Gasteiger partial charge in [0.05, 0.1) is 18.5 Å². The number of nitrogens with zero attached hydrogens (tertiary/aromatic N) is 5. The molecule has 0 aliphatic carbocycles. The van der Waals surface area contributed by atoms with Gasteiger partial charge in [0.1, 0.15) is 0 Å². The normalized spacial score (nSPS) is 20.8. The number of thioether (sulfide) groups is 1. The zero-order chi connectivity index (χ0) is 16.9. The highest BCUT2D eigenvalue weighted by Gasteiger charge is 2.25. The van der Waals surface area contributed by atoms with E-state index in [1.54, 1.807) is 0 Å². The summed E-state index contributed by atoms with van der Waals surface area (Å²) in [5, 5.41) is 9.28. The molecule has 8 heteroatoms. The molecule has 2 fully saturated rings. The van der Waals surface area contributed by atoms with Crippen LogP contribution in [0.3, 0.4) is 0 Å². The molecular weight excluding hydrogens is 326 g/mol. The van der Waals surface area contributed by atoms with E-state index < -0.39 is 0 Å². The first-order chi connectivity index (χ1) is 11.7. The molecule has 2 saturated heterocycles. The molecule has 1 amide bonds. The summed E-state index contributed by atoms with van der Waals surface area (Å²) in [6, 6.07) is 0. The van der Waals surface area contributed by atoms with Crippen LogP contribution in [0.2, 0.25) is 0 Å². The first-order valence-electron chi connectivity index (χ1n) is 8.84. The summed E-state index contributed by atoms with van der Waals surface area (Å²) in [5.41, 5.74) is 0. The number of anilines is 1. The van der Waals surface area contributed by atoms with Gasteiger partial charge in [0.2, 0.25) is 11.9 Å². The first-order valence-corrected chi connectivity index (χ1v) is 9.72. The van der Waals surface area contributed by atoms with E-state index in [0.29, 0.717) is 0 Å². The molecule has 0 aromatic carbocycles. The molecule has 2 aliphatic rings. The lowest BCUT2D eigenvalue weighted by Gasteiger charge is -2.27. The van der Waals surface area contributed by atoms with E-state index in [4.69, 9.17) is 4.74 Å². The highest BCUT2D eigenvalue weighted by atomic mass is 32.2. The van der Waals surface area contributed by atoms with E-state index in [1.165, 1.54) is 24.6 Å². The molecule has 3 rings (SSSR count). The molecule has 0 bridgehead atoms. The van der Waals surface area contributed by atoms with Gasteiger partial charge < -0.3 is 14.5 Å². The van der Waals surface area contributed by atoms with E-state index in [-0.39, 0.29) is 11.2 Å². The third kappa shape index (κ3) is 4.03. The van der Waals surface area contributed by atoms with Crippen LogP contribution < -0.4 is 4.90 Å². The molecule has 1 unspecified atom stereocenters. The Morgan fingerprint density at radius 1 is 1.08 bits per heavy atom. The molecule has 24 heavy (non-hydrogen) atoms. The molecule has 0 spiro atoms. The molecule has 3 heterocycles. The number of hydrogen-bond donors (Lipinski definition) is 0. The van der Waals surface area contributed by atoms with Crippen molar-refractivity contribution in [2.75, 3.05) is 44.3 Å². The summed E-state index contributed by atoms with van der Waals surface area (Å²) >= 11 is 1.50. The number of carbonyl (C=O) groups excluding carboxylic acids is 1. The lowest BCUT2D eigenvalue weighted by molar-refractivity contribution is -0.130. The SMILES string of the molecule is CC(Sc1nnc(N2CCOCC2)n1C)C(=O)N1CCCCCC1. The fourth-order valence-corrected chi connectivity index (χ4v) is 4.10. The number of hydrogen-bond acceptors (Lipinski definition) is 6. The maximum Gasteiger partial charge on any atom is 0.235 e. The summed E-state index contributed by atoms with van der Waals surface area (Å²) in [6.45, 7) is 6.86. The average Bonchev–Trinajstić information content (AvgIpc) is 2.81. The first kappa shape index (κ1) is 17.5. The van der Waals surface area contributed by atoms with Gasteiger partial charge in [-0.05, 0) is 19.8 Å². The van der Waals surface area contributed by atoms with Crippen molar-refractivity contribution in [3.63, 3.8) is 0 Å². The molecular formula is C16H27N5O2S. The highest BCUT2D eigenvalue weighted by Crippen LogP contribution is 2.26. The minimum absolute atomic E-state index is 0.136. The lowest BCUT2D eigenvalue weighted by Crippen LogP contribution is -2.38. The van der Waals surface area contributed by atoms with Crippen LogP contribution in [0.25, 0.3) is 0 Å². The van der Waals surface area contributed by atoms with Crippen molar-refractivity contribution in [2.24, 2.45) is 7.05 Å². The fourth-order valence-electron chi connectivity index (χ4n) is 3.21. The Hall–Kier alpha value is -1.28. The lowest BCUT2D eigenvalue weighted by atomic mass is 10.2. The monoisotopic (exact) mass is 353 g/mol. The van der Waals surface area contributed by atoms with Crippen molar-refractivity contribution in [1.82, 2.24) is 19.7 Å². The van der Waals surface area contributed by atoms with Crippen molar-refractivity contribution < 1.29 is 9.53 Å². The Balaban J connectivity index is 1.62. The van der Waals surface area contributed by atoms with E-state index in [1.807, 2.05) is 23.4 Å². The van der Waals surface area contributed by atoms with Crippen LogP contribution in [-0.2, 0) is 16.6 Å². The summed E-state index contributed by atoms with van der Waals surface area (Å²) in [7, 11) is 1.97. The van der Waals surface area contributed by atoms with Crippen molar-refractivity contribution in [1.29, 1.82) is 0 Å². The van der Waals surface area contributed by atoms with Crippen molar-refractivity contribution in [3.05, 3.63) is 0 Å². The summed E-state index contributed by atoms with van der Waals surface area (Å²) in [6.07, 6.45) is 4.71. The van der Waals surface area contributed by atoms with Crippen LogP contribution in [0.5, 0.6) is 0 Å². The number of likely N-dealkylation sites (tertiary alicyclic amines) is 1. The number of morpholine rings is 1. The van der Waals surface area contributed by atoms with Crippen molar-refractivity contribution in [2.45, 2.75) is 43.0 Å². The van der Waals surface area contributed by atoms with Gasteiger partial charge >= 0.3 is 0 Å². The Bertz CT molecular complexity index is 551. The molecule has 1 aromatic heterocycles. The third-order valence-electron chi connectivity index (χ3n) is 4.65. The number of rotatable bonds is 4. The van der Waals surface area contributed by atoms with E-state index in [0.717, 1.165) is 63.3 Å². The topological polar surface area (TPSA) is 63.5 Å². The minimum atomic E-state index is -0.136. The molecule has 0 saturated carbocycles. The standard InChI is InChI=1S/C16H27N5O2S/c1-13(14(22)20-7-5-3-4-6-8-20)24-16-18-17-15(19(16)2)21-9-11-23-12-10-21/h13H,3-12H2,1-2H3. The van der Waals surface area contributed by atoms with Crippen molar-refractivity contribution >= 4 is 23.6 Å². The largest absolute Gasteiger partial charge is 0.378 e. The third-order valence-corrected chi connectivity index (χ3v) is 5.78. The summed E-state index contributed by atoms with van der Waals surface area (Å²) in [4.78, 5) is 16.9. The van der Waals surface area contributed by atoms with Crippen LogP contribution in [0.15, 0.2) is 5.16 Å². The maximum absolute atomic E-state index is 12.7. The number of aromatic nitrogens is 3. The predicted molar refractivity (Wildman–Crippen MR) is 94.4 cm³/mol. The van der Waals surface area contributed by atoms with Gasteiger partial charge in [-0.3, -0.25) is 9.36 Å². The van der Waals surface area contributed by atoms with Gasteiger partial charge in [-0.25, -0.2) is 0 Å². The van der Waals surface area contributed by atoms with Gasteiger partial charge in [0, 0.05) is 33.2 Å². The van der Waals surface area contributed by atoms with Gasteiger partial charge in [-0.2, -0.15) is 0 Å². The van der Waals surface area contributed by atoms with Gasteiger partial charge in [0.15, 0.2) is 5.16 Å². The molecule has 0 N–H and O–H groups in total. The zero-order valence-electron chi connectivity index (χ0n) is 14.6. The average molecular weight is 353 g/mol. The molecule has 134 valence electrons. The van der Waals surface area contributed by atoms with Crippen molar-refractivity contribution in [3.8, 4) is 0 Å². The number of carbonyl (C=O) groups is 1. The Labute approximate surface area is 147 Å². The quantitative estimate of drug-likeness (QED) is 0.765. The Morgan fingerprint density at radius 2 is 1.75 bits per heavy atom. The van der Waals surface area contributed by atoms with E-state index in [9.17, 15) is 4.79 Å². The Kier molecular flexibility index (Phi) is 5.99. The molecule has 2 aliphatic heterocycles. The highest BCUT2D eigenvalue weighted by molar-refractivity contribution is 8.00. The summed E-state index contributed by atoms with van der Waals surface area (Å²) in [5.74, 6) is 1.08.